The second-order valence-electron chi connectivity index (χ2n) is 6.69. The Kier molecular flexibility index (Phi) is 8.86. The van der Waals surface area contributed by atoms with Gasteiger partial charge in [0, 0.05) is 0 Å². The zero-order chi connectivity index (χ0) is 22.0. The quantitative estimate of drug-likeness (QED) is 0.235. The molecule has 0 saturated heterocycles. The SMILES string of the molecule is CCCCOc1ccc(N(N)c2ccccc2)cc1.Cc1ccc(S(=O)(=O)O)cc1. The van der Waals surface area contributed by atoms with E-state index in [-0.39, 0.29) is 4.90 Å². The van der Waals surface area contributed by atoms with Crippen LogP contribution in [0.3, 0.4) is 0 Å². The summed E-state index contributed by atoms with van der Waals surface area (Å²) in [6.45, 7) is 4.76. The van der Waals surface area contributed by atoms with E-state index in [1.165, 1.54) is 12.1 Å². The Balaban J connectivity index is 0.000000248. The van der Waals surface area contributed by atoms with Gasteiger partial charge < -0.3 is 4.74 Å². The van der Waals surface area contributed by atoms with E-state index in [1.54, 1.807) is 17.1 Å². The summed E-state index contributed by atoms with van der Waals surface area (Å²) < 4.78 is 35.2. The van der Waals surface area contributed by atoms with Crippen molar-refractivity contribution in [1.29, 1.82) is 0 Å². The van der Waals surface area contributed by atoms with Crippen molar-refractivity contribution in [2.45, 2.75) is 31.6 Å². The summed E-state index contributed by atoms with van der Waals surface area (Å²) in [5.74, 6) is 6.97. The molecule has 6 nitrogen and oxygen atoms in total. The topological polar surface area (TPSA) is 92.9 Å². The number of hydrazine groups is 1. The van der Waals surface area contributed by atoms with Gasteiger partial charge in [0.05, 0.1) is 22.9 Å². The number of hydrogen-bond acceptors (Lipinski definition) is 5. The Bertz CT molecular complexity index is 990. The molecular weight excluding hydrogens is 400 g/mol. The fourth-order valence-corrected chi connectivity index (χ4v) is 2.97. The van der Waals surface area contributed by atoms with Gasteiger partial charge in [-0.2, -0.15) is 8.42 Å². The summed E-state index contributed by atoms with van der Waals surface area (Å²) in [4.78, 5) is -0.0666. The minimum atomic E-state index is -4.02. The minimum absolute atomic E-state index is 0.0666. The molecule has 0 fully saturated rings. The van der Waals surface area contributed by atoms with Crippen molar-refractivity contribution < 1.29 is 17.7 Å². The molecule has 7 heteroatoms. The average molecular weight is 429 g/mol. The lowest BCUT2D eigenvalue weighted by Gasteiger charge is -2.19. The predicted molar refractivity (Wildman–Crippen MR) is 121 cm³/mol. The van der Waals surface area contributed by atoms with Crippen molar-refractivity contribution in [2.24, 2.45) is 5.84 Å². The van der Waals surface area contributed by atoms with Crippen LogP contribution in [0, 0.1) is 6.92 Å². The summed E-state index contributed by atoms with van der Waals surface area (Å²) in [6, 6.07) is 23.7. The van der Waals surface area contributed by atoms with Crippen molar-refractivity contribution >= 4 is 21.5 Å². The Hall–Kier alpha value is -2.87. The Morgan fingerprint density at radius 3 is 2.00 bits per heavy atom. The van der Waals surface area contributed by atoms with Crippen molar-refractivity contribution in [3.05, 3.63) is 84.4 Å². The number of para-hydroxylation sites is 1. The Morgan fingerprint density at radius 1 is 0.900 bits per heavy atom. The fourth-order valence-electron chi connectivity index (χ4n) is 2.49. The average Bonchev–Trinajstić information content (AvgIpc) is 2.75. The highest BCUT2D eigenvalue weighted by Gasteiger charge is 2.07. The maximum atomic E-state index is 10.5. The largest absolute Gasteiger partial charge is 0.494 e. The van der Waals surface area contributed by atoms with Crippen LogP contribution in [0.25, 0.3) is 0 Å². The maximum Gasteiger partial charge on any atom is 0.294 e. The van der Waals surface area contributed by atoms with Crippen molar-refractivity contribution in [2.75, 3.05) is 11.6 Å². The van der Waals surface area contributed by atoms with Crippen molar-refractivity contribution in [1.82, 2.24) is 0 Å². The van der Waals surface area contributed by atoms with Crippen LogP contribution in [-0.2, 0) is 10.1 Å². The first-order valence-electron chi connectivity index (χ1n) is 9.68. The van der Waals surface area contributed by atoms with Gasteiger partial charge in [0.2, 0.25) is 0 Å². The molecule has 3 rings (SSSR count). The van der Waals surface area contributed by atoms with Gasteiger partial charge in [0.15, 0.2) is 0 Å². The predicted octanol–water partition coefficient (Wildman–Crippen LogP) is 5.12. The zero-order valence-electron chi connectivity index (χ0n) is 17.2. The molecule has 160 valence electrons. The first-order chi connectivity index (χ1) is 14.3. The third-order valence-corrected chi connectivity index (χ3v) is 5.10. The molecule has 3 aromatic rings. The Morgan fingerprint density at radius 2 is 1.47 bits per heavy atom. The van der Waals surface area contributed by atoms with Gasteiger partial charge >= 0.3 is 0 Å². The molecule has 3 aromatic carbocycles. The lowest BCUT2D eigenvalue weighted by molar-refractivity contribution is 0.309. The van der Waals surface area contributed by atoms with E-state index in [1.807, 2.05) is 61.5 Å². The van der Waals surface area contributed by atoms with E-state index in [2.05, 4.69) is 6.92 Å². The highest BCUT2D eigenvalue weighted by Crippen LogP contribution is 2.23. The molecule has 0 radical (unpaired) electrons. The standard InChI is InChI=1S/C16H20N2O.C7H8O3S/c1-2-3-13-19-16-11-9-15(10-12-16)18(17)14-7-5-4-6-8-14;1-6-2-4-7(5-3-6)11(8,9)10/h4-12H,2-3,13,17H2,1H3;2-5H,1H3,(H,8,9,10). The van der Waals surface area contributed by atoms with Gasteiger partial charge in [-0.05, 0) is 61.9 Å². The molecule has 0 bridgehead atoms. The lowest BCUT2D eigenvalue weighted by Crippen LogP contribution is -2.24. The summed E-state index contributed by atoms with van der Waals surface area (Å²) in [5.41, 5.74) is 2.86. The number of anilines is 2. The number of hydrogen-bond donors (Lipinski definition) is 2. The molecular formula is C23H28N2O4S. The minimum Gasteiger partial charge on any atom is -0.494 e. The lowest BCUT2D eigenvalue weighted by atomic mass is 10.2. The van der Waals surface area contributed by atoms with E-state index in [9.17, 15) is 8.42 Å². The third-order valence-electron chi connectivity index (χ3n) is 4.23. The van der Waals surface area contributed by atoms with E-state index in [4.69, 9.17) is 15.1 Å². The number of aryl methyl sites for hydroxylation is 1. The molecule has 0 spiro atoms. The molecule has 3 N–H and O–H groups in total. The van der Waals surface area contributed by atoms with Crippen molar-refractivity contribution in [3.8, 4) is 5.75 Å². The van der Waals surface area contributed by atoms with E-state index in [0.717, 1.165) is 42.1 Å². The zero-order valence-corrected chi connectivity index (χ0v) is 18.0. The molecule has 0 amide bonds. The summed E-state index contributed by atoms with van der Waals surface area (Å²) in [5, 5.41) is 1.66. The van der Waals surface area contributed by atoms with Crippen LogP contribution in [0.2, 0.25) is 0 Å². The van der Waals surface area contributed by atoms with Crippen LogP contribution in [-0.4, -0.2) is 19.6 Å². The number of ether oxygens (including phenoxy) is 1. The number of nitrogens with two attached hydrogens (primary N) is 1. The number of rotatable bonds is 7. The molecule has 0 saturated carbocycles. The highest BCUT2D eigenvalue weighted by atomic mass is 32.2. The molecule has 0 unspecified atom stereocenters. The van der Waals surface area contributed by atoms with Crippen molar-refractivity contribution in [3.63, 3.8) is 0 Å². The molecule has 30 heavy (non-hydrogen) atoms. The van der Waals surface area contributed by atoms with Crippen LogP contribution in [0.4, 0.5) is 11.4 Å². The molecule has 0 atom stereocenters. The van der Waals surface area contributed by atoms with Gasteiger partial charge in [-0.1, -0.05) is 49.2 Å². The van der Waals surface area contributed by atoms with Crippen LogP contribution >= 0.6 is 0 Å². The van der Waals surface area contributed by atoms with E-state index < -0.39 is 10.1 Å². The fraction of sp³-hybridized carbons (Fsp3) is 0.217. The monoisotopic (exact) mass is 428 g/mol. The molecule has 0 aliphatic carbocycles. The van der Waals surface area contributed by atoms with Crippen LogP contribution in [0.15, 0.2) is 83.8 Å². The van der Waals surface area contributed by atoms with E-state index in [0.29, 0.717) is 0 Å². The molecule has 0 aliphatic rings. The first-order valence-corrected chi connectivity index (χ1v) is 11.1. The van der Waals surface area contributed by atoms with E-state index >= 15 is 0 Å². The maximum absolute atomic E-state index is 10.5. The van der Waals surface area contributed by atoms with Crippen LogP contribution in [0.1, 0.15) is 25.3 Å². The smallest absolute Gasteiger partial charge is 0.294 e. The Labute approximate surface area is 178 Å². The van der Waals surface area contributed by atoms with Gasteiger partial charge in [-0.25, -0.2) is 5.84 Å². The van der Waals surface area contributed by atoms with Crippen LogP contribution < -0.4 is 15.6 Å². The first kappa shape index (κ1) is 23.4. The van der Waals surface area contributed by atoms with Gasteiger partial charge in [-0.15, -0.1) is 0 Å². The summed E-state index contributed by atoms with van der Waals surface area (Å²) in [7, 11) is -4.02. The molecule has 0 aromatic heterocycles. The normalized spacial score (nSPS) is 10.7. The molecule has 0 heterocycles. The number of benzene rings is 3. The van der Waals surface area contributed by atoms with Crippen LogP contribution in [0.5, 0.6) is 5.75 Å². The van der Waals surface area contributed by atoms with Gasteiger partial charge in [0.1, 0.15) is 5.75 Å². The summed E-state index contributed by atoms with van der Waals surface area (Å²) in [6.07, 6.45) is 2.22. The van der Waals surface area contributed by atoms with Gasteiger partial charge in [-0.3, -0.25) is 9.56 Å². The summed E-state index contributed by atoms with van der Waals surface area (Å²) >= 11 is 0. The second-order valence-corrected chi connectivity index (χ2v) is 8.11. The molecule has 0 aliphatic heterocycles. The third kappa shape index (κ3) is 7.51. The number of nitrogens with zero attached hydrogens (tertiary/aromatic N) is 1. The highest BCUT2D eigenvalue weighted by molar-refractivity contribution is 7.85. The number of unbranched alkanes of at least 4 members (excludes halogenated alkanes) is 1. The van der Waals surface area contributed by atoms with Gasteiger partial charge in [0.25, 0.3) is 10.1 Å². The second kappa shape index (κ2) is 11.3.